The molecular weight excluding hydrogens is 220 g/mol. The molecule has 2 rings (SSSR count). The predicted molar refractivity (Wildman–Crippen MR) is 56.7 cm³/mol. The molecule has 1 N–H and O–H groups in total. The van der Waals surface area contributed by atoms with Gasteiger partial charge in [0.1, 0.15) is 0 Å². The predicted octanol–water partition coefficient (Wildman–Crippen LogP) is 2.66. The summed E-state index contributed by atoms with van der Waals surface area (Å²) in [6.07, 6.45) is -0.667. The summed E-state index contributed by atoms with van der Waals surface area (Å²) >= 11 is 5.86. The first kappa shape index (κ1) is 10.8. The topological polar surface area (TPSA) is 12.0 Å². The summed E-state index contributed by atoms with van der Waals surface area (Å²) in [7, 11) is 0. The second-order valence-electron chi connectivity index (χ2n) is 3.82. The van der Waals surface area contributed by atoms with Gasteiger partial charge >= 0.3 is 0 Å². The average molecular weight is 232 g/mol. The van der Waals surface area contributed by atoms with E-state index in [1.807, 2.05) is 18.2 Å². The molecule has 4 heteroatoms. The Morgan fingerprint density at radius 2 is 2.07 bits per heavy atom. The molecule has 0 radical (unpaired) electrons. The molecule has 1 aromatic rings. The van der Waals surface area contributed by atoms with Crippen molar-refractivity contribution in [2.24, 2.45) is 0 Å². The number of nitrogens with one attached hydrogen (secondary N) is 1. The van der Waals surface area contributed by atoms with Crippen LogP contribution < -0.4 is 5.32 Å². The maximum Gasteiger partial charge on any atom is 0.250 e. The van der Waals surface area contributed by atoms with Gasteiger partial charge in [0.25, 0.3) is 6.43 Å². The fourth-order valence-electron chi connectivity index (χ4n) is 1.99. The van der Waals surface area contributed by atoms with Gasteiger partial charge in [0.2, 0.25) is 0 Å². The second kappa shape index (κ2) is 4.45. The van der Waals surface area contributed by atoms with Crippen molar-refractivity contribution < 1.29 is 8.78 Å². The maximum atomic E-state index is 12.0. The van der Waals surface area contributed by atoms with E-state index in [2.05, 4.69) is 5.32 Å². The van der Waals surface area contributed by atoms with Gasteiger partial charge in [-0.1, -0.05) is 17.7 Å². The molecule has 0 saturated heterocycles. The van der Waals surface area contributed by atoms with Gasteiger partial charge in [-0.2, -0.15) is 0 Å². The van der Waals surface area contributed by atoms with Crippen LogP contribution in [0.2, 0.25) is 5.02 Å². The average Bonchev–Trinajstić information content (AvgIpc) is 2.56. The lowest BCUT2D eigenvalue weighted by Gasteiger charge is -2.10. The van der Waals surface area contributed by atoms with Crippen molar-refractivity contribution in [1.29, 1.82) is 0 Å². The van der Waals surface area contributed by atoms with Crippen molar-refractivity contribution in [3.8, 4) is 0 Å². The van der Waals surface area contributed by atoms with Crippen LogP contribution in [0, 0.1) is 0 Å². The van der Waals surface area contributed by atoms with Gasteiger partial charge in [0, 0.05) is 11.1 Å². The number of halogens is 3. The molecule has 0 saturated carbocycles. The molecule has 0 spiro atoms. The summed E-state index contributed by atoms with van der Waals surface area (Å²) in [4.78, 5) is 0. The van der Waals surface area contributed by atoms with Crippen molar-refractivity contribution >= 4 is 11.6 Å². The van der Waals surface area contributed by atoms with E-state index in [1.54, 1.807) is 0 Å². The zero-order valence-corrected chi connectivity index (χ0v) is 8.90. The Hall–Kier alpha value is -0.670. The molecule has 1 aromatic carbocycles. The Morgan fingerprint density at radius 1 is 1.33 bits per heavy atom. The zero-order chi connectivity index (χ0) is 10.8. The highest BCUT2D eigenvalue weighted by atomic mass is 35.5. The molecule has 82 valence electrons. The standard InChI is InChI=1S/C11H12ClF2N/c12-9-2-1-7-4-10(5-8(7)3-9)15-6-11(13)14/h1-3,10-11,15H,4-6H2. The van der Waals surface area contributed by atoms with Crippen molar-refractivity contribution in [1.82, 2.24) is 5.32 Å². The lowest BCUT2D eigenvalue weighted by molar-refractivity contribution is 0.141. The fraction of sp³-hybridized carbons (Fsp3) is 0.455. The molecule has 1 atom stereocenters. The first-order valence-electron chi connectivity index (χ1n) is 4.94. The molecule has 0 aliphatic heterocycles. The van der Waals surface area contributed by atoms with Gasteiger partial charge in [0.15, 0.2) is 0 Å². The molecule has 0 heterocycles. The number of fused-ring (bicyclic) bond motifs is 1. The molecule has 0 bridgehead atoms. The summed E-state index contributed by atoms with van der Waals surface area (Å²) in [6.45, 7) is -0.230. The monoisotopic (exact) mass is 231 g/mol. The second-order valence-corrected chi connectivity index (χ2v) is 4.25. The third-order valence-corrected chi connectivity index (χ3v) is 2.90. The number of hydrogen-bond donors (Lipinski definition) is 1. The van der Waals surface area contributed by atoms with Gasteiger partial charge in [-0.3, -0.25) is 0 Å². The van der Waals surface area contributed by atoms with Gasteiger partial charge in [-0.15, -0.1) is 0 Å². The lowest BCUT2D eigenvalue weighted by Crippen LogP contribution is -2.33. The normalized spacial score (nSPS) is 19.6. The summed E-state index contributed by atoms with van der Waals surface area (Å²) in [5.74, 6) is 0. The minimum atomic E-state index is -2.28. The molecule has 1 nitrogen and oxygen atoms in total. The molecular formula is C11H12ClF2N. The van der Waals surface area contributed by atoms with Crippen LogP contribution in [0.1, 0.15) is 11.1 Å². The Bertz CT molecular complexity index is 354. The SMILES string of the molecule is FC(F)CNC1Cc2ccc(Cl)cc2C1. The van der Waals surface area contributed by atoms with Crippen LogP contribution in [0.15, 0.2) is 18.2 Å². The number of benzene rings is 1. The smallest absolute Gasteiger partial charge is 0.250 e. The van der Waals surface area contributed by atoms with Crippen LogP contribution >= 0.6 is 11.6 Å². The molecule has 0 fully saturated rings. The highest BCUT2D eigenvalue weighted by Crippen LogP contribution is 2.25. The van der Waals surface area contributed by atoms with Crippen molar-refractivity contribution in [3.63, 3.8) is 0 Å². The van der Waals surface area contributed by atoms with Crippen LogP contribution in [-0.4, -0.2) is 19.0 Å². The summed E-state index contributed by atoms with van der Waals surface area (Å²) in [6, 6.07) is 5.87. The van der Waals surface area contributed by atoms with Gasteiger partial charge in [-0.05, 0) is 36.1 Å². The first-order chi connectivity index (χ1) is 7.15. The van der Waals surface area contributed by atoms with E-state index in [4.69, 9.17) is 11.6 Å². The minimum absolute atomic E-state index is 0.132. The van der Waals surface area contributed by atoms with Crippen molar-refractivity contribution in [2.45, 2.75) is 25.3 Å². The van der Waals surface area contributed by atoms with Gasteiger partial charge < -0.3 is 5.32 Å². The largest absolute Gasteiger partial charge is 0.308 e. The van der Waals surface area contributed by atoms with Crippen LogP contribution in [0.4, 0.5) is 8.78 Å². The molecule has 1 aliphatic rings. The number of alkyl halides is 2. The Labute approximate surface area is 92.4 Å². The van der Waals surface area contributed by atoms with E-state index in [-0.39, 0.29) is 12.6 Å². The summed E-state index contributed by atoms with van der Waals surface area (Å²) in [5, 5.41) is 3.57. The van der Waals surface area contributed by atoms with Crippen molar-refractivity contribution in [3.05, 3.63) is 34.3 Å². The minimum Gasteiger partial charge on any atom is -0.308 e. The van der Waals surface area contributed by atoms with Gasteiger partial charge in [0.05, 0.1) is 6.54 Å². The quantitative estimate of drug-likeness (QED) is 0.844. The molecule has 0 amide bonds. The van der Waals surface area contributed by atoms with Crippen LogP contribution in [0.3, 0.4) is 0 Å². The highest BCUT2D eigenvalue weighted by molar-refractivity contribution is 6.30. The lowest BCUT2D eigenvalue weighted by atomic mass is 10.1. The zero-order valence-electron chi connectivity index (χ0n) is 8.14. The van der Waals surface area contributed by atoms with E-state index in [0.717, 1.165) is 12.8 Å². The third-order valence-electron chi connectivity index (χ3n) is 2.66. The molecule has 1 unspecified atom stereocenters. The van der Waals surface area contributed by atoms with E-state index in [9.17, 15) is 8.78 Å². The third kappa shape index (κ3) is 2.67. The van der Waals surface area contributed by atoms with E-state index in [1.165, 1.54) is 11.1 Å². The summed E-state index contributed by atoms with van der Waals surface area (Å²) in [5.41, 5.74) is 2.39. The first-order valence-corrected chi connectivity index (χ1v) is 5.32. The maximum absolute atomic E-state index is 12.0. The summed E-state index contributed by atoms with van der Waals surface area (Å²) < 4.78 is 24.0. The molecule has 1 aliphatic carbocycles. The Morgan fingerprint density at radius 3 is 2.80 bits per heavy atom. The van der Waals surface area contributed by atoms with E-state index < -0.39 is 6.43 Å². The van der Waals surface area contributed by atoms with E-state index >= 15 is 0 Å². The van der Waals surface area contributed by atoms with Crippen LogP contribution in [0.5, 0.6) is 0 Å². The van der Waals surface area contributed by atoms with Crippen molar-refractivity contribution in [2.75, 3.05) is 6.54 Å². The Kier molecular flexibility index (Phi) is 3.22. The molecule has 0 aromatic heterocycles. The van der Waals surface area contributed by atoms with Crippen LogP contribution in [0.25, 0.3) is 0 Å². The number of hydrogen-bond acceptors (Lipinski definition) is 1. The molecule has 15 heavy (non-hydrogen) atoms. The number of rotatable bonds is 3. The van der Waals surface area contributed by atoms with Gasteiger partial charge in [-0.25, -0.2) is 8.78 Å². The van der Waals surface area contributed by atoms with E-state index in [0.29, 0.717) is 5.02 Å². The Balaban J connectivity index is 1.97. The van der Waals surface area contributed by atoms with Crippen LogP contribution in [-0.2, 0) is 12.8 Å². The fourth-order valence-corrected chi connectivity index (χ4v) is 2.18. The highest BCUT2D eigenvalue weighted by Gasteiger charge is 2.21.